The van der Waals surface area contributed by atoms with Crippen molar-refractivity contribution in [1.82, 2.24) is 4.90 Å². The molecule has 4 rings (SSSR count). The van der Waals surface area contributed by atoms with Gasteiger partial charge in [0.25, 0.3) is 5.69 Å². The van der Waals surface area contributed by atoms with Crippen LogP contribution in [-0.4, -0.2) is 47.7 Å². The zero-order valence-corrected chi connectivity index (χ0v) is 19.9. The molecule has 2 aromatic rings. The van der Waals surface area contributed by atoms with Crippen LogP contribution in [0.3, 0.4) is 0 Å². The molecule has 0 aliphatic carbocycles. The van der Waals surface area contributed by atoms with Gasteiger partial charge in [-0.2, -0.15) is 0 Å². The normalized spacial score (nSPS) is 19.7. The molecule has 2 heterocycles. The lowest BCUT2D eigenvalue weighted by atomic mass is 9.75. The van der Waals surface area contributed by atoms with Crippen LogP contribution in [0.2, 0.25) is 0 Å². The number of esters is 2. The molecule has 2 unspecified atom stereocenters. The summed E-state index contributed by atoms with van der Waals surface area (Å²) in [7, 11) is 1.24. The second kappa shape index (κ2) is 10.2. The van der Waals surface area contributed by atoms with Crippen molar-refractivity contribution in [2.24, 2.45) is 10.9 Å². The highest BCUT2D eigenvalue weighted by molar-refractivity contribution is 6.07. The van der Waals surface area contributed by atoms with Crippen molar-refractivity contribution in [3.05, 3.63) is 86.6 Å². The van der Waals surface area contributed by atoms with E-state index in [1.807, 2.05) is 12.1 Å². The molecule has 9 heteroatoms. The van der Waals surface area contributed by atoms with Gasteiger partial charge in [0.2, 0.25) is 0 Å². The molecule has 0 radical (unpaired) electrons. The number of nitrogens with zero attached hydrogens (tertiary/aromatic N) is 3. The molecular formula is C26H27N3O6. The van der Waals surface area contributed by atoms with E-state index >= 15 is 0 Å². The van der Waals surface area contributed by atoms with E-state index in [0.717, 1.165) is 13.1 Å². The van der Waals surface area contributed by atoms with Gasteiger partial charge in [-0.1, -0.05) is 42.5 Å². The lowest BCUT2D eigenvalue weighted by Gasteiger charge is -2.31. The van der Waals surface area contributed by atoms with Gasteiger partial charge in [0.1, 0.15) is 12.5 Å². The van der Waals surface area contributed by atoms with E-state index in [9.17, 15) is 19.7 Å². The molecule has 0 saturated carbocycles. The summed E-state index contributed by atoms with van der Waals surface area (Å²) in [6.07, 6.45) is 0. The van der Waals surface area contributed by atoms with Gasteiger partial charge in [0.15, 0.2) is 0 Å². The fraction of sp³-hybridized carbons (Fsp3) is 0.346. The van der Waals surface area contributed by atoms with E-state index in [1.165, 1.54) is 24.3 Å². The smallest absolute Gasteiger partial charge is 0.336 e. The van der Waals surface area contributed by atoms with Gasteiger partial charge in [-0.05, 0) is 25.0 Å². The Bertz CT molecular complexity index is 1210. The molecule has 182 valence electrons. The number of methoxy groups -OCH3 is 1. The van der Waals surface area contributed by atoms with Crippen molar-refractivity contribution in [2.45, 2.75) is 32.9 Å². The van der Waals surface area contributed by atoms with Crippen LogP contribution < -0.4 is 0 Å². The minimum Gasteiger partial charge on any atom is -0.468 e. The summed E-state index contributed by atoms with van der Waals surface area (Å²) in [5.74, 6) is -3.21. The van der Waals surface area contributed by atoms with Crippen LogP contribution in [0.4, 0.5) is 5.69 Å². The van der Waals surface area contributed by atoms with Gasteiger partial charge in [0.05, 0.1) is 17.6 Å². The van der Waals surface area contributed by atoms with Crippen molar-refractivity contribution in [1.29, 1.82) is 0 Å². The zero-order valence-electron chi connectivity index (χ0n) is 19.9. The molecule has 0 spiro atoms. The Morgan fingerprint density at radius 1 is 1.09 bits per heavy atom. The highest BCUT2D eigenvalue weighted by Crippen LogP contribution is 2.43. The number of hydrogen-bond donors (Lipinski definition) is 0. The number of rotatable bonds is 7. The second-order valence-electron chi connectivity index (χ2n) is 8.66. The van der Waals surface area contributed by atoms with E-state index in [-0.39, 0.29) is 23.4 Å². The number of allylic oxidation sites excluding steroid dienone is 1. The fourth-order valence-corrected chi connectivity index (χ4v) is 4.89. The lowest BCUT2D eigenvalue weighted by Crippen LogP contribution is -2.36. The number of nitro groups is 1. The fourth-order valence-electron chi connectivity index (χ4n) is 4.89. The Labute approximate surface area is 203 Å². The summed E-state index contributed by atoms with van der Waals surface area (Å²) >= 11 is 0. The molecule has 0 saturated heterocycles. The molecule has 2 aliphatic heterocycles. The first kappa shape index (κ1) is 24.3. The molecule has 35 heavy (non-hydrogen) atoms. The van der Waals surface area contributed by atoms with Crippen LogP contribution in [0.15, 0.2) is 64.8 Å². The molecule has 0 amide bonds. The molecule has 2 aliphatic rings. The third-order valence-corrected chi connectivity index (χ3v) is 6.52. The van der Waals surface area contributed by atoms with Crippen molar-refractivity contribution in [3.63, 3.8) is 0 Å². The molecule has 0 N–H and O–H groups in total. The van der Waals surface area contributed by atoms with E-state index in [2.05, 4.69) is 22.0 Å². The van der Waals surface area contributed by atoms with Crippen LogP contribution in [-0.2, 0) is 32.2 Å². The van der Waals surface area contributed by atoms with Gasteiger partial charge in [-0.25, -0.2) is 4.79 Å². The summed E-state index contributed by atoms with van der Waals surface area (Å²) in [6.45, 7) is 5.53. The van der Waals surface area contributed by atoms with Gasteiger partial charge in [0, 0.05) is 48.6 Å². The number of fused-ring (bicyclic) bond motifs is 1. The number of carbonyl (C=O) groups is 2. The van der Waals surface area contributed by atoms with Crippen LogP contribution in [0, 0.1) is 16.0 Å². The standard InChI is InChI=1S/C26H27N3O6/c1-16-22(25(30)34-3)24(20-10-6-7-11-21(20)29(32)33)23(17(2)27-16)26(31)35-13-12-28-14-18-8-4-5-9-19(18)15-28/h4-11,22,24H,12-15H2,1-3H3. The minimum absolute atomic E-state index is 0.130. The van der Waals surface area contributed by atoms with Gasteiger partial charge in [-0.3, -0.25) is 24.8 Å². The van der Waals surface area contributed by atoms with Crippen molar-refractivity contribution < 1.29 is 24.0 Å². The molecule has 0 fully saturated rings. The molecule has 0 aromatic heterocycles. The van der Waals surface area contributed by atoms with Gasteiger partial charge in [-0.15, -0.1) is 0 Å². The number of hydrogen-bond acceptors (Lipinski definition) is 8. The first-order chi connectivity index (χ1) is 16.8. The van der Waals surface area contributed by atoms with Crippen molar-refractivity contribution in [3.8, 4) is 0 Å². The van der Waals surface area contributed by atoms with E-state index < -0.39 is 28.7 Å². The maximum Gasteiger partial charge on any atom is 0.336 e. The first-order valence-corrected chi connectivity index (χ1v) is 11.3. The first-order valence-electron chi connectivity index (χ1n) is 11.3. The summed E-state index contributed by atoms with van der Waals surface area (Å²) in [5.41, 5.74) is 3.48. The number of ether oxygens (including phenoxy) is 2. The number of aliphatic imine (C=N–C) groups is 1. The summed E-state index contributed by atoms with van der Waals surface area (Å²) in [6, 6.07) is 14.3. The second-order valence-corrected chi connectivity index (χ2v) is 8.66. The number of nitro benzene ring substituents is 1. The number of carbonyl (C=O) groups excluding carboxylic acids is 2. The van der Waals surface area contributed by atoms with Gasteiger partial charge < -0.3 is 9.47 Å². The largest absolute Gasteiger partial charge is 0.468 e. The average molecular weight is 478 g/mol. The maximum absolute atomic E-state index is 13.3. The zero-order chi connectivity index (χ0) is 25.1. The Morgan fingerprint density at radius 3 is 2.34 bits per heavy atom. The summed E-state index contributed by atoms with van der Waals surface area (Å²) < 4.78 is 10.6. The summed E-state index contributed by atoms with van der Waals surface area (Å²) in [5, 5.41) is 11.8. The van der Waals surface area contributed by atoms with Crippen LogP contribution in [0.25, 0.3) is 0 Å². The molecule has 0 bridgehead atoms. The van der Waals surface area contributed by atoms with Crippen molar-refractivity contribution in [2.75, 3.05) is 20.3 Å². The third-order valence-electron chi connectivity index (χ3n) is 6.52. The minimum atomic E-state index is -0.986. The van der Waals surface area contributed by atoms with Crippen LogP contribution in [0.5, 0.6) is 0 Å². The number of benzene rings is 2. The quantitative estimate of drug-likeness (QED) is 0.339. The summed E-state index contributed by atoms with van der Waals surface area (Å²) in [4.78, 5) is 44.0. The number of para-hydroxylation sites is 1. The Morgan fingerprint density at radius 2 is 1.71 bits per heavy atom. The monoisotopic (exact) mass is 477 g/mol. The maximum atomic E-state index is 13.3. The molecule has 2 aromatic carbocycles. The predicted molar refractivity (Wildman–Crippen MR) is 129 cm³/mol. The molecular weight excluding hydrogens is 450 g/mol. The highest BCUT2D eigenvalue weighted by atomic mass is 16.6. The SMILES string of the molecule is COC(=O)C1C(C)=NC(C)=C(C(=O)OCCN2Cc3ccccc3C2)C1c1ccccc1[N+](=O)[O-]. The highest BCUT2D eigenvalue weighted by Gasteiger charge is 2.44. The Kier molecular flexibility index (Phi) is 7.07. The van der Waals surface area contributed by atoms with E-state index in [1.54, 1.807) is 32.0 Å². The Balaban J connectivity index is 1.59. The van der Waals surface area contributed by atoms with Crippen LogP contribution in [0.1, 0.15) is 36.5 Å². The van der Waals surface area contributed by atoms with E-state index in [0.29, 0.717) is 18.0 Å². The molecule has 2 atom stereocenters. The lowest BCUT2D eigenvalue weighted by molar-refractivity contribution is -0.385. The van der Waals surface area contributed by atoms with Gasteiger partial charge >= 0.3 is 11.9 Å². The van der Waals surface area contributed by atoms with Crippen LogP contribution >= 0.6 is 0 Å². The average Bonchev–Trinajstić information content (AvgIpc) is 3.25. The third kappa shape index (κ3) is 4.85. The Hall–Kier alpha value is -3.85. The van der Waals surface area contributed by atoms with Crippen molar-refractivity contribution >= 4 is 23.3 Å². The topological polar surface area (TPSA) is 111 Å². The van der Waals surface area contributed by atoms with E-state index in [4.69, 9.17) is 9.47 Å². The molecule has 9 nitrogen and oxygen atoms in total. The predicted octanol–water partition coefficient (Wildman–Crippen LogP) is 3.78.